The van der Waals surface area contributed by atoms with Crippen LogP contribution in [0.25, 0.3) is 10.9 Å². The van der Waals surface area contributed by atoms with Crippen molar-refractivity contribution in [1.82, 2.24) is 19.3 Å². The SMILES string of the molecule is CC(Sc1nc2ccccc2c(=O)n1C(C)C)C(=O)Nc1ccnn1C(C)C. The second-order valence-electron chi connectivity index (χ2n) is 7.18. The van der Waals surface area contributed by atoms with Crippen LogP contribution in [-0.4, -0.2) is 30.5 Å². The first-order chi connectivity index (χ1) is 13.3. The number of para-hydroxylation sites is 1. The molecule has 0 spiro atoms. The molecule has 2 aromatic heterocycles. The number of carbonyl (C=O) groups is 1. The predicted molar refractivity (Wildman–Crippen MR) is 113 cm³/mol. The molecule has 0 radical (unpaired) electrons. The van der Waals surface area contributed by atoms with Gasteiger partial charge in [0.1, 0.15) is 5.82 Å². The number of carbonyl (C=O) groups excluding carboxylic acids is 1. The van der Waals surface area contributed by atoms with Gasteiger partial charge in [-0.1, -0.05) is 23.9 Å². The van der Waals surface area contributed by atoms with Gasteiger partial charge in [-0.2, -0.15) is 5.10 Å². The second kappa shape index (κ2) is 8.18. The smallest absolute Gasteiger partial charge is 0.262 e. The molecule has 2 heterocycles. The minimum absolute atomic E-state index is 0.0651. The third-order valence-electron chi connectivity index (χ3n) is 4.35. The van der Waals surface area contributed by atoms with Gasteiger partial charge in [0.2, 0.25) is 5.91 Å². The fraction of sp³-hybridized carbons (Fsp3) is 0.400. The zero-order valence-corrected chi connectivity index (χ0v) is 17.5. The van der Waals surface area contributed by atoms with Gasteiger partial charge in [0.05, 0.1) is 22.3 Å². The number of amides is 1. The molecule has 1 atom stereocenters. The number of anilines is 1. The Morgan fingerprint density at radius 3 is 2.46 bits per heavy atom. The molecule has 1 aromatic carbocycles. The van der Waals surface area contributed by atoms with Crippen LogP contribution in [0.4, 0.5) is 5.82 Å². The lowest BCUT2D eigenvalue weighted by atomic mass is 10.2. The Bertz CT molecular complexity index is 1050. The first-order valence-electron chi connectivity index (χ1n) is 9.32. The normalized spacial score (nSPS) is 12.7. The first kappa shape index (κ1) is 20.1. The van der Waals surface area contributed by atoms with Gasteiger partial charge in [-0.3, -0.25) is 14.2 Å². The maximum Gasteiger partial charge on any atom is 0.262 e. The Kier molecular flexibility index (Phi) is 5.88. The topological polar surface area (TPSA) is 81.8 Å². The Balaban J connectivity index is 1.89. The van der Waals surface area contributed by atoms with E-state index in [1.807, 2.05) is 52.8 Å². The molecule has 0 aliphatic carbocycles. The van der Waals surface area contributed by atoms with Crippen molar-refractivity contribution in [2.45, 2.75) is 57.1 Å². The van der Waals surface area contributed by atoms with Crippen LogP contribution in [0.3, 0.4) is 0 Å². The van der Waals surface area contributed by atoms with Crippen LogP contribution in [0.1, 0.15) is 46.7 Å². The Hall–Kier alpha value is -2.61. The average Bonchev–Trinajstić information content (AvgIpc) is 3.10. The van der Waals surface area contributed by atoms with Crippen molar-refractivity contribution in [3.8, 4) is 0 Å². The molecule has 3 aromatic rings. The second-order valence-corrected chi connectivity index (χ2v) is 8.49. The summed E-state index contributed by atoms with van der Waals surface area (Å²) in [5, 5.41) is 7.84. The summed E-state index contributed by atoms with van der Waals surface area (Å²) in [6, 6.07) is 9.13. The molecule has 7 nitrogen and oxygen atoms in total. The molecule has 28 heavy (non-hydrogen) atoms. The lowest BCUT2D eigenvalue weighted by Crippen LogP contribution is -2.28. The van der Waals surface area contributed by atoms with E-state index in [9.17, 15) is 9.59 Å². The van der Waals surface area contributed by atoms with Crippen molar-refractivity contribution in [3.63, 3.8) is 0 Å². The standard InChI is InChI=1S/C20H25N5O2S/c1-12(2)24-19(27)15-8-6-7-9-16(15)22-20(24)28-14(5)18(26)23-17-10-11-21-25(17)13(3)4/h6-14H,1-5H3,(H,23,26). The summed E-state index contributed by atoms with van der Waals surface area (Å²) in [5.41, 5.74) is 0.547. The average molecular weight is 400 g/mol. The van der Waals surface area contributed by atoms with E-state index in [0.717, 1.165) is 0 Å². The Morgan fingerprint density at radius 2 is 1.79 bits per heavy atom. The summed E-state index contributed by atoms with van der Waals surface area (Å²) in [6.07, 6.45) is 1.66. The quantitative estimate of drug-likeness (QED) is 0.503. The van der Waals surface area contributed by atoms with Crippen molar-refractivity contribution in [3.05, 3.63) is 46.9 Å². The Labute approximate surface area is 168 Å². The maximum atomic E-state index is 12.9. The van der Waals surface area contributed by atoms with Crippen LogP contribution < -0.4 is 10.9 Å². The number of thioether (sulfide) groups is 1. The van der Waals surface area contributed by atoms with E-state index < -0.39 is 5.25 Å². The van der Waals surface area contributed by atoms with Gasteiger partial charge in [0.15, 0.2) is 5.16 Å². The van der Waals surface area contributed by atoms with E-state index in [-0.39, 0.29) is 23.6 Å². The molecule has 3 rings (SSSR count). The van der Waals surface area contributed by atoms with Crippen LogP contribution in [0.15, 0.2) is 46.5 Å². The highest BCUT2D eigenvalue weighted by Crippen LogP contribution is 2.26. The number of aromatic nitrogens is 4. The van der Waals surface area contributed by atoms with Gasteiger partial charge < -0.3 is 5.32 Å². The molecular formula is C20H25N5O2S. The highest BCUT2D eigenvalue weighted by atomic mass is 32.2. The number of nitrogens with one attached hydrogen (secondary N) is 1. The molecule has 0 fully saturated rings. The monoisotopic (exact) mass is 399 g/mol. The van der Waals surface area contributed by atoms with Gasteiger partial charge in [-0.25, -0.2) is 9.67 Å². The van der Waals surface area contributed by atoms with Crippen molar-refractivity contribution >= 4 is 34.4 Å². The molecule has 8 heteroatoms. The molecule has 148 valence electrons. The highest BCUT2D eigenvalue weighted by molar-refractivity contribution is 8.00. The minimum Gasteiger partial charge on any atom is -0.310 e. The molecule has 1 N–H and O–H groups in total. The van der Waals surface area contributed by atoms with Crippen molar-refractivity contribution in [1.29, 1.82) is 0 Å². The number of rotatable bonds is 6. The predicted octanol–water partition coefficient (Wildman–Crippen LogP) is 3.87. The van der Waals surface area contributed by atoms with Crippen molar-refractivity contribution in [2.24, 2.45) is 0 Å². The molecular weight excluding hydrogens is 374 g/mol. The van der Waals surface area contributed by atoms with E-state index in [1.54, 1.807) is 27.6 Å². The van der Waals surface area contributed by atoms with E-state index in [4.69, 9.17) is 0 Å². The van der Waals surface area contributed by atoms with E-state index >= 15 is 0 Å². The molecule has 0 aliphatic rings. The van der Waals surface area contributed by atoms with Gasteiger partial charge in [0.25, 0.3) is 5.56 Å². The summed E-state index contributed by atoms with van der Waals surface area (Å²) >= 11 is 1.28. The zero-order chi connectivity index (χ0) is 20.4. The number of fused-ring (bicyclic) bond motifs is 1. The van der Waals surface area contributed by atoms with Gasteiger partial charge in [-0.05, 0) is 46.8 Å². The van der Waals surface area contributed by atoms with Gasteiger partial charge in [-0.15, -0.1) is 0 Å². The largest absolute Gasteiger partial charge is 0.310 e. The molecule has 1 amide bonds. The lowest BCUT2D eigenvalue weighted by molar-refractivity contribution is -0.115. The summed E-state index contributed by atoms with van der Waals surface area (Å²) in [7, 11) is 0. The van der Waals surface area contributed by atoms with Crippen LogP contribution >= 0.6 is 11.8 Å². The molecule has 0 saturated carbocycles. The molecule has 1 unspecified atom stereocenters. The van der Waals surface area contributed by atoms with Crippen molar-refractivity contribution in [2.75, 3.05) is 5.32 Å². The fourth-order valence-corrected chi connectivity index (χ4v) is 3.97. The number of benzene rings is 1. The zero-order valence-electron chi connectivity index (χ0n) is 16.7. The molecule has 0 saturated heterocycles. The summed E-state index contributed by atoms with van der Waals surface area (Å²) in [4.78, 5) is 30.3. The maximum absolute atomic E-state index is 12.9. The fourth-order valence-electron chi connectivity index (χ4n) is 2.93. The molecule has 0 aliphatic heterocycles. The van der Waals surface area contributed by atoms with Crippen LogP contribution in [-0.2, 0) is 4.79 Å². The van der Waals surface area contributed by atoms with Crippen molar-refractivity contribution < 1.29 is 4.79 Å². The Morgan fingerprint density at radius 1 is 1.07 bits per heavy atom. The van der Waals surface area contributed by atoms with E-state index in [0.29, 0.717) is 21.9 Å². The number of hydrogen-bond acceptors (Lipinski definition) is 5. The highest BCUT2D eigenvalue weighted by Gasteiger charge is 2.21. The van der Waals surface area contributed by atoms with E-state index in [1.165, 1.54) is 11.8 Å². The number of nitrogens with zero attached hydrogens (tertiary/aromatic N) is 4. The summed E-state index contributed by atoms with van der Waals surface area (Å²) < 4.78 is 3.41. The third kappa shape index (κ3) is 3.96. The third-order valence-corrected chi connectivity index (χ3v) is 5.42. The van der Waals surface area contributed by atoms with Gasteiger partial charge >= 0.3 is 0 Å². The van der Waals surface area contributed by atoms with E-state index in [2.05, 4.69) is 15.4 Å². The summed E-state index contributed by atoms with van der Waals surface area (Å²) in [5.74, 6) is 0.491. The van der Waals surface area contributed by atoms with Gasteiger partial charge in [0, 0.05) is 18.2 Å². The van der Waals surface area contributed by atoms with Crippen LogP contribution in [0.5, 0.6) is 0 Å². The lowest BCUT2D eigenvalue weighted by Gasteiger charge is -2.19. The molecule has 0 bridgehead atoms. The summed E-state index contributed by atoms with van der Waals surface area (Å²) in [6.45, 7) is 9.69. The van der Waals surface area contributed by atoms with Crippen LogP contribution in [0.2, 0.25) is 0 Å². The first-order valence-corrected chi connectivity index (χ1v) is 10.2. The van der Waals surface area contributed by atoms with Crippen LogP contribution in [0, 0.1) is 0 Å². The number of hydrogen-bond donors (Lipinski definition) is 1. The minimum atomic E-state index is -0.437.